The van der Waals surface area contributed by atoms with E-state index in [1.165, 1.54) is 30.3 Å². The molecule has 0 fully saturated rings. The number of ether oxygens (including phenoxy) is 1. The van der Waals surface area contributed by atoms with Crippen LogP contribution < -0.4 is 0 Å². The van der Waals surface area contributed by atoms with Gasteiger partial charge in [0, 0.05) is 5.56 Å². The number of halogens is 1. The van der Waals surface area contributed by atoms with Crippen LogP contribution in [0.15, 0.2) is 30.6 Å². The third-order valence-electron chi connectivity index (χ3n) is 2.14. The number of carbonyl (C=O) groups is 1. The summed E-state index contributed by atoms with van der Waals surface area (Å²) in [6.07, 6.45) is 1.40. The Bertz CT molecular complexity index is 539. The number of rotatable bonds is 3. The molecule has 0 aliphatic rings. The molecule has 0 aliphatic heterocycles. The lowest BCUT2D eigenvalue weighted by Crippen LogP contribution is -2.11. The highest BCUT2D eigenvalue weighted by Crippen LogP contribution is 2.14. The van der Waals surface area contributed by atoms with Crippen LogP contribution in [0.5, 0.6) is 0 Å². The number of carbonyl (C=O) groups excluding carboxylic acids is 1. The molecule has 1 aromatic carbocycles. The lowest BCUT2D eigenvalue weighted by Gasteiger charge is -1.98. The summed E-state index contributed by atoms with van der Waals surface area (Å²) in [5.41, 5.74) is 0.564. The molecular weight excluding hydrogens is 225 g/mol. The zero-order valence-corrected chi connectivity index (χ0v) is 9.13. The average Bonchev–Trinajstić information content (AvgIpc) is 2.77. The number of nitrogens with zero attached hydrogens (tertiary/aromatic N) is 3. The van der Waals surface area contributed by atoms with Crippen molar-refractivity contribution in [1.29, 1.82) is 0 Å². The van der Waals surface area contributed by atoms with Gasteiger partial charge in [0.25, 0.3) is 0 Å². The predicted molar refractivity (Wildman–Crippen MR) is 57.4 cm³/mol. The van der Waals surface area contributed by atoms with Gasteiger partial charge in [0.1, 0.15) is 18.7 Å². The van der Waals surface area contributed by atoms with Crippen molar-refractivity contribution in [3.05, 3.63) is 36.4 Å². The monoisotopic (exact) mass is 235 g/mol. The molecule has 0 saturated heterocycles. The van der Waals surface area contributed by atoms with Crippen LogP contribution in [0.1, 0.15) is 0 Å². The Balaban J connectivity index is 2.21. The Morgan fingerprint density at radius 1 is 1.53 bits per heavy atom. The SMILES string of the molecule is COC(=O)Cn1cnc(-c2cccc(F)c2)n1. The average molecular weight is 235 g/mol. The van der Waals surface area contributed by atoms with Crippen LogP contribution in [-0.4, -0.2) is 27.8 Å². The number of benzene rings is 1. The molecule has 17 heavy (non-hydrogen) atoms. The minimum absolute atomic E-state index is 0.0151. The quantitative estimate of drug-likeness (QED) is 0.751. The fraction of sp³-hybridized carbons (Fsp3) is 0.182. The van der Waals surface area contributed by atoms with E-state index in [0.717, 1.165) is 0 Å². The van der Waals surface area contributed by atoms with E-state index in [2.05, 4.69) is 14.8 Å². The van der Waals surface area contributed by atoms with Crippen molar-refractivity contribution in [2.75, 3.05) is 7.11 Å². The summed E-state index contributed by atoms with van der Waals surface area (Å²) in [6, 6.07) is 5.94. The van der Waals surface area contributed by atoms with E-state index in [1.807, 2.05) is 0 Å². The van der Waals surface area contributed by atoms with Crippen molar-refractivity contribution in [1.82, 2.24) is 14.8 Å². The summed E-state index contributed by atoms with van der Waals surface area (Å²) in [5, 5.41) is 4.05. The van der Waals surface area contributed by atoms with Crippen LogP contribution in [0.25, 0.3) is 11.4 Å². The summed E-state index contributed by atoms with van der Waals surface area (Å²) in [7, 11) is 1.30. The third-order valence-corrected chi connectivity index (χ3v) is 2.14. The minimum Gasteiger partial charge on any atom is -0.468 e. The van der Waals surface area contributed by atoms with Crippen LogP contribution in [0.2, 0.25) is 0 Å². The van der Waals surface area contributed by atoms with E-state index in [9.17, 15) is 9.18 Å². The fourth-order valence-electron chi connectivity index (χ4n) is 1.33. The molecule has 0 amide bonds. The third kappa shape index (κ3) is 2.66. The smallest absolute Gasteiger partial charge is 0.327 e. The van der Waals surface area contributed by atoms with Crippen LogP contribution in [-0.2, 0) is 16.1 Å². The molecule has 0 unspecified atom stereocenters. The molecule has 2 rings (SSSR count). The number of hydrogen-bond donors (Lipinski definition) is 0. The molecule has 0 aliphatic carbocycles. The maximum absolute atomic E-state index is 13.0. The van der Waals surface area contributed by atoms with Crippen molar-refractivity contribution in [3.63, 3.8) is 0 Å². The van der Waals surface area contributed by atoms with E-state index in [-0.39, 0.29) is 12.4 Å². The normalized spacial score (nSPS) is 10.2. The maximum Gasteiger partial charge on any atom is 0.327 e. The van der Waals surface area contributed by atoms with Gasteiger partial charge in [-0.15, -0.1) is 0 Å². The Morgan fingerprint density at radius 3 is 3.06 bits per heavy atom. The van der Waals surface area contributed by atoms with Crippen LogP contribution >= 0.6 is 0 Å². The molecule has 0 N–H and O–H groups in total. The minimum atomic E-state index is -0.416. The molecule has 6 heteroatoms. The Morgan fingerprint density at radius 2 is 2.35 bits per heavy atom. The van der Waals surface area contributed by atoms with Gasteiger partial charge in [0.05, 0.1) is 7.11 Å². The summed E-state index contributed by atoms with van der Waals surface area (Å²) in [4.78, 5) is 15.0. The maximum atomic E-state index is 13.0. The lowest BCUT2D eigenvalue weighted by molar-refractivity contribution is -0.141. The van der Waals surface area contributed by atoms with E-state index in [0.29, 0.717) is 11.4 Å². The van der Waals surface area contributed by atoms with Gasteiger partial charge in [0.2, 0.25) is 0 Å². The fourth-order valence-corrected chi connectivity index (χ4v) is 1.33. The number of methoxy groups -OCH3 is 1. The molecule has 5 nitrogen and oxygen atoms in total. The highest BCUT2D eigenvalue weighted by molar-refractivity contribution is 5.68. The molecule has 0 saturated carbocycles. The second-order valence-corrected chi connectivity index (χ2v) is 3.35. The second kappa shape index (κ2) is 4.73. The lowest BCUT2D eigenvalue weighted by atomic mass is 10.2. The number of hydrogen-bond acceptors (Lipinski definition) is 4. The summed E-state index contributed by atoms with van der Waals surface area (Å²) >= 11 is 0. The first-order chi connectivity index (χ1) is 8.19. The molecular formula is C11H10FN3O2. The van der Waals surface area contributed by atoms with Crippen LogP contribution in [0, 0.1) is 5.82 Å². The van der Waals surface area contributed by atoms with Gasteiger partial charge in [-0.05, 0) is 12.1 Å². The molecule has 2 aromatic rings. The zero-order valence-electron chi connectivity index (χ0n) is 9.13. The van der Waals surface area contributed by atoms with Gasteiger partial charge >= 0.3 is 5.97 Å². The predicted octanol–water partition coefficient (Wildman–Crippen LogP) is 1.26. The van der Waals surface area contributed by atoms with Crippen molar-refractivity contribution in [2.24, 2.45) is 0 Å². The van der Waals surface area contributed by atoms with Crippen molar-refractivity contribution in [2.45, 2.75) is 6.54 Å². The van der Waals surface area contributed by atoms with Crippen molar-refractivity contribution < 1.29 is 13.9 Å². The first-order valence-corrected chi connectivity index (χ1v) is 4.91. The first kappa shape index (κ1) is 11.3. The van der Waals surface area contributed by atoms with Gasteiger partial charge < -0.3 is 4.74 Å². The zero-order chi connectivity index (χ0) is 12.3. The Labute approximate surface area is 96.9 Å². The van der Waals surface area contributed by atoms with E-state index >= 15 is 0 Å². The number of esters is 1. The molecule has 1 heterocycles. The molecule has 0 atom stereocenters. The molecule has 1 aromatic heterocycles. The van der Waals surface area contributed by atoms with Crippen molar-refractivity contribution >= 4 is 5.97 Å². The summed E-state index contributed by atoms with van der Waals surface area (Å²) in [6.45, 7) is -0.0151. The van der Waals surface area contributed by atoms with E-state index in [4.69, 9.17) is 0 Å². The van der Waals surface area contributed by atoms with Gasteiger partial charge in [-0.25, -0.2) is 14.1 Å². The van der Waals surface area contributed by atoms with Gasteiger partial charge in [0.15, 0.2) is 5.82 Å². The van der Waals surface area contributed by atoms with E-state index in [1.54, 1.807) is 12.1 Å². The van der Waals surface area contributed by atoms with E-state index < -0.39 is 5.97 Å². The largest absolute Gasteiger partial charge is 0.468 e. The summed E-state index contributed by atoms with van der Waals surface area (Å²) < 4.78 is 18.8. The second-order valence-electron chi connectivity index (χ2n) is 3.35. The molecule has 0 bridgehead atoms. The topological polar surface area (TPSA) is 57.0 Å². The Hall–Kier alpha value is -2.24. The standard InChI is InChI=1S/C11H10FN3O2/c1-17-10(16)6-15-7-13-11(14-15)8-3-2-4-9(12)5-8/h2-5,7H,6H2,1H3. The van der Waals surface area contributed by atoms with Crippen molar-refractivity contribution in [3.8, 4) is 11.4 Å². The number of aromatic nitrogens is 3. The first-order valence-electron chi connectivity index (χ1n) is 4.91. The highest BCUT2D eigenvalue weighted by atomic mass is 19.1. The van der Waals surface area contributed by atoms with Gasteiger partial charge in [-0.2, -0.15) is 5.10 Å². The van der Waals surface area contributed by atoms with Crippen LogP contribution in [0.4, 0.5) is 4.39 Å². The molecule has 0 radical (unpaired) electrons. The Kier molecular flexibility index (Phi) is 3.13. The van der Waals surface area contributed by atoms with Gasteiger partial charge in [-0.3, -0.25) is 4.79 Å². The van der Waals surface area contributed by atoms with Gasteiger partial charge in [-0.1, -0.05) is 12.1 Å². The summed E-state index contributed by atoms with van der Waals surface area (Å²) in [5.74, 6) is -0.402. The van der Waals surface area contributed by atoms with Crippen LogP contribution in [0.3, 0.4) is 0 Å². The molecule has 0 spiro atoms. The molecule has 88 valence electrons. The highest BCUT2D eigenvalue weighted by Gasteiger charge is 2.07.